The molecule has 0 amide bonds. The largest absolute Gasteiger partial charge is 0.327 e. The third-order valence-electron chi connectivity index (χ3n) is 3.90. The molecular formula is C13H27N. The topological polar surface area (TPSA) is 26.0 Å². The Kier molecular flexibility index (Phi) is 4.94. The van der Waals surface area contributed by atoms with Crippen LogP contribution in [0.25, 0.3) is 0 Å². The third kappa shape index (κ3) is 4.00. The Morgan fingerprint density at radius 3 is 2.21 bits per heavy atom. The van der Waals surface area contributed by atoms with Gasteiger partial charge in [-0.05, 0) is 30.6 Å². The van der Waals surface area contributed by atoms with E-state index in [1.807, 2.05) is 0 Å². The van der Waals surface area contributed by atoms with Gasteiger partial charge in [0.15, 0.2) is 0 Å². The monoisotopic (exact) mass is 197 g/mol. The molecule has 0 aromatic carbocycles. The molecule has 1 nitrogen and oxygen atoms in total. The van der Waals surface area contributed by atoms with Crippen molar-refractivity contribution in [3.05, 3.63) is 0 Å². The van der Waals surface area contributed by atoms with Gasteiger partial charge >= 0.3 is 0 Å². The normalized spacial score (nSPS) is 30.6. The van der Waals surface area contributed by atoms with Gasteiger partial charge < -0.3 is 5.73 Å². The molecule has 0 heterocycles. The summed E-state index contributed by atoms with van der Waals surface area (Å²) in [7, 11) is 0. The molecule has 0 aliphatic heterocycles. The molecule has 2 N–H and O–H groups in total. The molecule has 1 aliphatic rings. The molecule has 0 aromatic rings. The summed E-state index contributed by atoms with van der Waals surface area (Å²) in [5, 5.41) is 0. The fraction of sp³-hybridized carbons (Fsp3) is 1.00. The zero-order chi connectivity index (χ0) is 10.6. The first-order valence-corrected chi connectivity index (χ1v) is 6.35. The molecule has 14 heavy (non-hydrogen) atoms. The minimum absolute atomic E-state index is 0.425. The first-order valence-electron chi connectivity index (χ1n) is 6.35. The fourth-order valence-electron chi connectivity index (χ4n) is 2.38. The molecule has 1 rings (SSSR count). The highest BCUT2D eigenvalue weighted by molar-refractivity contribution is 4.73. The Labute approximate surface area is 89.5 Å². The van der Waals surface area contributed by atoms with E-state index in [2.05, 4.69) is 20.8 Å². The molecule has 0 spiro atoms. The van der Waals surface area contributed by atoms with Gasteiger partial charge in [0.25, 0.3) is 0 Å². The Balaban J connectivity index is 2.13. The van der Waals surface area contributed by atoms with Crippen molar-refractivity contribution in [3.8, 4) is 0 Å². The molecule has 1 aliphatic carbocycles. The van der Waals surface area contributed by atoms with Crippen molar-refractivity contribution in [1.82, 2.24) is 0 Å². The highest BCUT2D eigenvalue weighted by atomic mass is 14.6. The van der Waals surface area contributed by atoms with Crippen LogP contribution in [-0.4, -0.2) is 6.04 Å². The first kappa shape index (κ1) is 12.0. The summed E-state index contributed by atoms with van der Waals surface area (Å²) in [5.74, 6) is 2.61. The summed E-state index contributed by atoms with van der Waals surface area (Å²) in [6.45, 7) is 6.84. The van der Waals surface area contributed by atoms with Crippen LogP contribution in [0, 0.1) is 17.8 Å². The van der Waals surface area contributed by atoms with Gasteiger partial charge in [-0.25, -0.2) is 0 Å². The highest BCUT2D eigenvalue weighted by Gasteiger charge is 2.19. The quantitative estimate of drug-likeness (QED) is 0.732. The summed E-state index contributed by atoms with van der Waals surface area (Å²) in [5.41, 5.74) is 6.06. The molecule has 1 fully saturated rings. The first-order chi connectivity index (χ1) is 6.59. The van der Waals surface area contributed by atoms with Crippen LogP contribution < -0.4 is 5.73 Å². The second-order valence-corrected chi connectivity index (χ2v) is 5.61. The van der Waals surface area contributed by atoms with E-state index in [1.54, 1.807) is 0 Å². The van der Waals surface area contributed by atoms with Crippen LogP contribution in [0.5, 0.6) is 0 Å². The third-order valence-corrected chi connectivity index (χ3v) is 3.90. The Morgan fingerprint density at radius 2 is 1.71 bits per heavy atom. The lowest BCUT2D eigenvalue weighted by atomic mass is 9.80. The van der Waals surface area contributed by atoms with Crippen LogP contribution in [0.4, 0.5) is 0 Å². The maximum absolute atomic E-state index is 6.06. The lowest BCUT2D eigenvalue weighted by molar-refractivity contribution is 0.262. The van der Waals surface area contributed by atoms with E-state index in [0.717, 1.165) is 11.8 Å². The molecule has 0 saturated heterocycles. The van der Waals surface area contributed by atoms with E-state index in [1.165, 1.54) is 38.5 Å². The molecule has 0 aromatic heterocycles. The van der Waals surface area contributed by atoms with Gasteiger partial charge in [0, 0.05) is 6.04 Å². The van der Waals surface area contributed by atoms with Gasteiger partial charge in [-0.1, -0.05) is 46.5 Å². The van der Waals surface area contributed by atoms with Crippen molar-refractivity contribution < 1.29 is 0 Å². The van der Waals surface area contributed by atoms with Gasteiger partial charge in [-0.15, -0.1) is 0 Å². The smallest absolute Gasteiger partial charge is 0.00619 e. The molecule has 1 unspecified atom stereocenters. The molecule has 1 atom stereocenters. The molecule has 0 bridgehead atoms. The van der Waals surface area contributed by atoms with Gasteiger partial charge in [-0.2, -0.15) is 0 Å². The average molecular weight is 197 g/mol. The van der Waals surface area contributed by atoms with Gasteiger partial charge in [0.1, 0.15) is 0 Å². The van der Waals surface area contributed by atoms with Crippen LogP contribution in [0.2, 0.25) is 0 Å². The van der Waals surface area contributed by atoms with Crippen molar-refractivity contribution in [2.24, 2.45) is 23.5 Å². The number of hydrogen-bond acceptors (Lipinski definition) is 1. The number of hydrogen-bond donors (Lipinski definition) is 1. The summed E-state index contributed by atoms with van der Waals surface area (Å²) in [4.78, 5) is 0. The van der Waals surface area contributed by atoms with E-state index in [0.29, 0.717) is 12.0 Å². The van der Waals surface area contributed by atoms with Crippen LogP contribution in [-0.2, 0) is 0 Å². The van der Waals surface area contributed by atoms with E-state index in [9.17, 15) is 0 Å². The maximum Gasteiger partial charge on any atom is 0.00619 e. The van der Waals surface area contributed by atoms with Crippen LogP contribution in [0.1, 0.15) is 59.3 Å². The lowest BCUT2D eigenvalue weighted by Crippen LogP contribution is -2.27. The molecule has 1 saturated carbocycles. The van der Waals surface area contributed by atoms with Crippen molar-refractivity contribution in [2.45, 2.75) is 65.3 Å². The highest BCUT2D eigenvalue weighted by Crippen LogP contribution is 2.31. The second-order valence-electron chi connectivity index (χ2n) is 5.61. The fourth-order valence-corrected chi connectivity index (χ4v) is 2.38. The zero-order valence-corrected chi connectivity index (χ0v) is 10.1. The Morgan fingerprint density at radius 1 is 1.14 bits per heavy atom. The molecule has 1 heteroatoms. The summed E-state index contributed by atoms with van der Waals surface area (Å²) in [6.07, 6.45) is 8.39. The van der Waals surface area contributed by atoms with Crippen LogP contribution >= 0.6 is 0 Å². The Bertz CT molecular complexity index is 145. The predicted octanol–water partition coefficient (Wildman–Crippen LogP) is 3.58. The van der Waals surface area contributed by atoms with Gasteiger partial charge in [-0.3, -0.25) is 0 Å². The van der Waals surface area contributed by atoms with Gasteiger partial charge in [0.05, 0.1) is 0 Å². The van der Waals surface area contributed by atoms with Crippen LogP contribution in [0.3, 0.4) is 0 Å². The number of rotatable bonds is 4. The lowest BCUT2D eigenvalue weighted by Gasteiger charge is -2.27. The average Bonchev–Trinajstić information content (AvgIpc) is 2.16. The number of nitrogens with two attached hydrogens (primary N) is 1. The summed E-state index contributed by atoms with van der Waals surface area (Å²) < 4.78 is 0. The van der Waals surface area contributed by atoms with Crippen molar-refractivity contribution in [2.75, 3.05) is 0 Å². The van der Waals surface area contributed by atoms with Crippen molar-refractivity contribution in [3.63, 3.8) is 0 Å². The second kappa shape index (κ2) is 5.75. The summed E-state index contributed by atoms with van der Waals surface area (Å²) >= 11 is 0. The zero-order valence-electron chi connectivity index (χ0n) is 10.1. The molecule has 0 radical (unpaired) electrons. The molecular weight excluding hydrogens is 170 g/mol. The van der Waals surface area contributed by atoms with E-state index >= 15 is 0 Å². The predicted molar refractivity (Wildman–Crippen MR) is 63.2 cm³/mol. The molecule has 84 valence electrons. The van der Waals surface area contributed by atoms with E-state index in [-0.39, 0.29) is 0 Å². The van der Waals surface area contributed by atoms with Gasteiger partial charge in [0.2, 0.25) is 0 Å². The minimum atomic E-state index is 0.425. The van der Waals surface area contributed by atoms with Crippen molar-refractivity contribution >= 4 is 0 Å². The standard InChI is InChI=1S/C13H27N/c1-10(2)13(14)9-8-12-6-4-11(3)5-7-12/h10-13H,4-9,14H2,1-3H3. The SMILES string of the molecule is CC1CCC(CCC(N)C(C)C)CC1. The minimum Gasteiger partial charge on any atom is -0.327 e. The Hall–Kier alpha value is -0.0400. The van der Waals surface area contributed by atoms with Crippen molar-refractivity contribution in [1.29, 1.82) is 0 Å². The van der Waals surface area contributed by atoms with E-state index in [4.69, 9.17) is 5.73 Å². The maximum atomic E-state index is 6.06. The van der Waals surface area contributed by atoms with Crippen LogP contribution in [0.15, 0.2) is 0 Å². The summed E-state index contributed by atoms with van der Waals surface area (Å²) in [6, 6.07) is 0.425. The van der Waals surface area contributed by atoms with E-state index < -0.39 is 0 Å².